The summed E-state index contributed by atoms with van der Waals surface area (Å²) in [5, 5.41) is 4.18. The molecule has 2 fully saturated rings. The monoisotopic (exact) mass is 528 g/mol. The number of aromatic amines is 1. The lowest BCUT2D eigenvalue weighted by Gasteiger charge is -2.47. The van der Waals surface area contributed by atoms with Crippen molar-refractivity contribution in [3.05, 3.63) is 59.8 Å². The molecule has 1 saturated carbocycles. The third-order valence-corrected chi connectivity index (χ3v) is 9.39. The van der Waals surface area contributed by atoms with E-state index in [1.165, 1.54) is 0 Å². The van der Waals surface area contributed by atoms with Gasteiger partial charge in [-0.3, -0.25) is 24.0 Å². The van der Waals surface area contributed by atoms with Gasteiger partial charge >= 0.3 is 0 Å². The zero-order chi connectivity index (χ0) is 28.1. The van der Waals surface area contributed by atoms with Gasteiger partial charge < -0.3 is 10.3 Å². The first-order chi connectivity index (χ1) is 18.6. The number of ketones is 4. The molecule has 2 N–H and O–H groups in total. The van der Waals surface area contributed by atoms with Gasteiger partial charge in [0.05, 0.1) is 5.92 Å². The number of carbonyl (C=O) groups is 5. The van der Waals surface area contributed by atoms with Crippen LogP contribution in [0.25, 0.3) is 10.9 Å². The van der Waals surface area contributed by atoms with E-state index in [1.807, 2.05) is 57.3 Å². The van der Waals surface area contributed by atoms with Crippen molar-refractivity contribution in [3.8, 4) is 0 Å². The Kier molecular flexibility index (Phi) is 7.04. The van der Waals surface area contributed by atoms with Crippen LogP contribution in [0.4, 0.5) is 0 Å². The summed E-state index contributed by atoms with van der Waals surface area (Å²) < 4.78 is 0. The van der Waals surface area contributed by atoms with E-state index < -0.39 is 40.5 Å². The van der Waals surface area contributed by atoms with E-state index in [0.29, 0.717) is 18.4 Å². The topological polar surface area (TPSA) is 113 Å². The van der Waals surface area contributed by atoms with Crippen LogP contribution in [0.5, 0.6) is 0 Å². The number of aromatic nitrogens is 1. The van der Waals surface area contributed by atoms with E-state index in [9.17, 15) is 24.0 Å². The normalized spacial score (nSPS) is 36.2. The molecule has 2 aromatic rings. The molecule has 7 heteroatoms. The summed E-state index contributed by atoms with van der Waals surface area (Å²) in [5.41, 5.74) is 0.771. The Bertz CT molecular complexity index is 1430. The van der Waals surface area contributed by atoms with Crippen LogP contribution in [0.15, 0.2) is 54.3 Å². The average Bonchev–Trinajstić information content (AvgIpc) is 3.45. The minimum absolute atomic E-state index is 0.0525. The van der Waals surface area contributed by atoms with Gasteiger partial charge in [0.25, 0.3) is 0 Å². The molecule has 7 nitrogen and oxygen atoms in total. The number of nitrogens with one attached hydrogen (secondary N) is 2. The molecule has 2 aliphatic carbocycles. The van der Waals surface area contributed by atoms with Gasteiger partial charge in [-0.05, 0) is 48.8 Å². The molecule has 1 aliphatic heterocycles. The Hall–Kier alpha value is -3.61. The number of H-pyrrole nitrogens is 1. The summed E-state index contributed by atoms with van der Waals surface area (Å²) in [6.07, 6.45) is 7.80. The lowest BCUT2D eigenvalue weighted by atomic mass is 9.51. The molecular weight excluding hydrogens is 492 g/mol. The predicted octanol–water partition coefficient (Wildman–Crippen LogP) is 4.31. The van der Waals surface area contributed by atoms with Crippen molar-refractivity contribution >= 4 is 39.9 Å². The third-order valence-electron chi connectivity index (χ3n) is 9.39. The molecule has 0 unspecified atom stereocenters. The highest BCUT2D eigenvalue weighted by Crippen LogP contribution is 2.56. The number of Topliss-reactive ketones (excluding diaryl/α,β-unsaturated/α-hetero) is 4. The summed E-state index contributed by atoms with van der Waals surface area (Å²) >= 11 is 0. The van der Waals surface area contributed by atoms with Gasteiger partial charge in [-0.1, -0.05) is 57.2 Å². The number of hydrogen-bond donors (Lipinski definition) is 2. The second kappa shape index (κ2) is 10.2. The SMILES string of the molecule is C/C1=C/[C@@H](C)C/C=C\[C@H]2C(=O)[C@@H](C)[C@@H](C)[C@H]3[C@H](Cc4c[nH]c5ccccc45)NC(=O)[C@]32C(=O)CCC(=O)C1=O. The van der Waals surface area contributed by atoms with Crippen LogP contribution in [0, 0.1) is 35.0 Å². The maximum absolute atomic E-state index is 14.2. The highest BCUT2D eigenvalue weighted by atomic mass is 16.2. The van der Waals surface area contributed by atoms with Gasteiger partial charge in [-0.15, -0.1) is 0 Å². The van der Waals surface area contributed by atoms with Crippen LogP contribution in [0.3, 0.4) is 0 Å². The van der Waals surface area contributed by atoms with Crippen LogP contribution < -0.4 is 5.32 Å². The third kappa shape index (κ3) is 4.32. The zero-order valence-corrected chi connectivity index (χ0v) is 23.0. The van der Waals surface area contributed by atoms with Gasteiger partial charge in [0.15, 0.2) is 0 Å². The molecule has 1 aromatic carbocycles. The van der Waals surface area contributed by atoms with Crippen LogP contribution >= 0.6 is 0 Å². The van der Waals surface area contributed by atoms with Crippen LogP contribution in [0.1, 0.15) is 52.5 Å². The average molecular weight is 529 g/mol. The number of fused-ring (bicyclic) bond motifs is 1. The lowest BCUT2D eigenvalue weighted by Crippen LogP contribution is -2.59. The van der Waals surface area contributed by atoms with E-state index in [0.717, 1.165) is 16.5 Å². The Morgan fingerprint density at radius 1 is 1.00 bits per heavy atom. The number of allylic oxidation sites excluding steroid dienone is 4. The van der Waals surface area contributed by atoms with Crippen molar-refractivity contribution in [2.75, 3.05) is 0 Å². The Morgan fingerprint density at radius 3 is 2.51 bits per heavy atom. The first-order valence-electron chi connectivity index (χ1n) is 13.9. The number of benzene rings is 1. The standard InChI is InChI=1S/C32H36N2O5/c1-17-8-7-10-23-30(38)20(4)19(3)28-25(15-21-16-33-24-11-6-5-9-22(21)24)34-31(39)32(23,28)27(36)13-12-26(35)29(37)18(2)14-17/h5-7,9-11,14,16-17,19-20,23,25,28,33H,8,12-13,15H2,1-4H3,(H,34,39)/b10-7-,18-14-/t17-,19+,20-,23-,25-,28-,32+/m0/s1. The van der Waals surface area contributed by atoms with Gasteiger partial charge in [0.2, 0.25) is 17.5 Å². The summed E-state index contributed by atoms with van der Waals surface area (Å²) in [5.74, 6) is -4.23. The van der Waals surface area contributed by atoms with Crippen molar-refractivity contribution in [2.45, 2.75) is 59.4 Å². The first-order valence-corrected chi connectivity index (χ1v) is 13.9. The van der Waals surface area contributed by atoms with Crippen molar-refractivity contribution in [1.82, 2.24) is 10.3 Å². The highest BCUT2D eigenvalue weighted by Gasteiger charge is 2.69. The highest BCUT2D eigenvalue weighted by molar-refractivity contribution is 6.43. The minimum atomic E-state index is -1.61. The van der Waals surface area contributed by atoms with Crippen molar-refractivity contribution in [1.29, 1.82) is 0 Å². The van der Waals surface area contributed by atoms with Gasteiger partial charge in [-0.2, -0.15) is 0 Å². The molecule has 1 aromatic heterocycles. The fraction of sp³-hybridized carbons (Fsp3) is 0.469. The van der Waals surface area contributed by atoms with Crippen LogP contribution in [-0.4, -0.2) is 40.1 Å². The molecule has 2 heterocycles. The summed E-state index contributed by atoms with van der Waals surface area (Å²) in [4.78, 5) is 70.8. The van der Waals surface area contributed by atoms with Crippen LogP contribution in [0.2, 0.25) is 0 Å². The van der Waals surface area contributed by atoms with E-state index in [2.05, 4.69) is 10.3 Å². The smallest absolute Gasteiger partial charge is 0.235 e. The maximum atomic E-state index is 14.2. The van der Waals surface area contributed by atoms with Crippen molar-refractivity contribution in [3.63, 3.8) is 0 Å². The number of rotatable bonds is 2. The van der Waals surface area contributed by atoms with Gasteiger partial charge in [0, 0.05) is 47.8 Å². The molecule has 3 aliphatic rings. The van der Waals surface area contributed by atoms with E-state index in [-0.39, 0.29) is 42.4 Å². The molecule has 39 heavy (non-hydrogen) atoms. The Labute approximate surface area is 228 Å². The molecule has 1 saturated heterocycles. The maximum Gasteiger partial charge on any atom is 0.235 e. The van der Waals surface area contributed by atoms with Crippen LogP contribution in [-0.2, 0) is 30.4 Å². The van der Waals surface area contributed by atoms with E-state index in [1.54, 1.807) is 19.1 Å². The number of amides is 1. The molecule has 0 radical (unpaired) electrons. The van der Waals surface area contributed by atoms with Crippen molar-refractivity contribution in [2.24, 2.45) is 35.0 Å². The first kappa shape index (κ1) is 27.0. The molecule has 1 spiro atoms. The summed E-state index contributed by atoms with van der Waals surface area (Å²) in [6.45, 7) is 7.39. The molecule has 7 atom stereocenters. The molecular formula is C32H36N2O5. The van der Waals surface area contributed by atoms with Gasteiger partial charge in [-0.25, -0.2) is 0 Å². The minimum Gasteiger partial charge on any atom is -0.361 e. The largest absolute Gasteiger partial charge is 0.361 e. The fourth-order valence-electron chi connectivity index (χ4n) is 7.27. The second-order valence-corrected chi connectivity index (χ2v) is 11.7. The molecule has 204 valence electrons. The van der Waals surface area contributed by atoms with Gasteiger partial charge in [0.1, 0.15) is 17.0 Å². The number of para-hydroxylation sites is 1. The molecule has 0 bridgehead atoms. The summed E-state index contributed by atoms with van der Waals surface area (Å²) in [7, 11) is 0. The lowest BCUT2D eigenvalue weighted by molar-refractivity contribution is -0.158. The number of hydrogen-bond acceptors (Lipinski definition) is 5. The van der Waals surface area contributed by atoms with E-state index in [4.69, 9.17) is 0 Å². The predicted molar refractivity (Wildman–Crippen MR) is 148 cm³/mol. The van der Waals surface area contributed by atoms with E-state index >= 15 is 0 Å². The Balaban J connectivity index is 1.60. The number of carbonyl (C=O) groups excluding carboxylic acids is 5. The summed E-state index contributed by atoms with van der Waals surface area (Å²) in [6, 6.07) is 7.58. The fourth-order valence-corrected chi connectivity index (χ4v) is 7.27. The molecule has 5 rings (SSSR count). The van der Waals surface area contributed by atoms with Crippen molar-refractivity contribution < 1.29 is 24.0 Å². The molecule has 1 amide bonds. The quantitative estimate of drug-likeness (QED) is 0.343. The second-order valence-electron chi connectivity index (χ2n) is 11.7. The zero-order valence-electron chi connectivity index (χ0n) is 23.0. The Morgan fingerprint density at radius 2 is 1.74 bits per heavy atom.